The first-order valence-corrected chi connectivity index (χ1v) is 6.08. The normalized spacial score (nSPS) is 18.9. The minimum Gasteiger partial charge on any atom is -0.457 e. The minimum absolute atomic E-state index is 0.0102. The van der Waals surface area contributed by atoms with Crippen molar-refractivity contribution < 1.29 is 9.53 Å². The molecule has 86 valence electrons. The number of aryl methyl sites for hydroxylation is 1. The lowest BCUT2D eigenvalue weighted by atomic mass is 9.89. The number of fused-ring (bicyclic) bond motifs is 1. The molecule has 2 rings (SSSR count). The Morgan fingerprint density at radius 2 is 2.25 bits per heavy atom. The summed E-state index contributed by atoms with van der Waals surface area (Å²) in [6.07, 6.45) is 4.56. The molecule has 1 aliphatic carbocycles. The monoisotopic (exact) mass is 218 g/mol. The van der Waals surface area contributed by atoms with Crippen LogP contribution in [0.1, 0.15) is 49.8 Å². The lowest BCUT2D eigenvalue weighted by molar-refractivity contribution is -0.150. The summed E-state index contributed by atoms with van der Waals surface area (Å²) >= 11 is 0. The van der Waals surface area contributed by atoms with E-state index in [1.807, 2.05) is 13.0 Å². The van der Waals surface area contributed by atoms with Crippen LogP contribution >= 0.6 is 0 Å². The third kappa shape index (κ3) is 2.43. The highest BCUT2D eigenvalue weighted by molar-refractivity contribution is 5.69. The fourth-order valence-corrected chi connectivity index (χ4v) is 2.25. The Morgan fingerprint density at radius 1 is 1.44 bits per heavy atom. The molecular formula is C14H18O2. The average Bonchev–Trinajstić information content (AvgIpc) is 2.30. The van der Waals surface area contributed by atoms with Gasteiger partial charge in [0.1, 0.15) is 6.10 Å². The van der Waals surface area contributed by atoms with Gasteiger partial charge < -0.3 is 4.74 Å². The molecule has 2 nitrogen and oxygen atoms in total. The Hall–Kier alpha value is -1.31. The van der Waals surface area contributed by atoms with Gasteiger partial charge >= 0.3 is 5.97 Å². The molecule has 0 heterocycles. The SMILES string of the molecule is CCCC(=O)OC1CCCc2ccccc21. The molecule has 0 radical (unpaired) electrons. The summed E-state index contributed by atoms with van der Waals surface area (Å²) in [5.74, 6) is -0.0656. The van der Waals surface area contributed by atoms with E-state index < -0.39 is 0 Å². The molecule has 0 bridgehead atoms. The highest BCUT2D eigenvalue weighted by atomic mass is 16.5. The van der Waals surface area contributed by atoms with Gasteiger partial charge in [-0.2, -0.15) is 0 Å². The lowest BCUT2D eigenvalue weighted by Gasteiger charge is -2.25. The molecule has 1 aliphatic rings. The first-order valence-electron chi connectivity index (χ1n) is 6.08. The van der Waals surface area contributed by atoms with Crippen molar-refractivity contribution in [2.75, 3.05) is 0 Å². The number of esters is 1. The number of hydrogen-bond donors (Lipinski definition) is 0. The molecule has 1 aromatic carbocycles. The first-order chi connectivity index (χ1) is 7.81. The summed E-state index contributed by atoms with van der Waals surface area (Å²) in [6.45, 7) is 2.00. The molecular weight excluding hydrogens is 200 g/mol. The Bertz CT molecular complexity index is 371. The van der Waals surface area contributed by atoms with E-state index in [1.165, 1.54) is 11.1 Å². The molecule has 1 atom stereocenters. The summed E-state index contributed by atoms with van der Waals surface area (Å²) < 4.78 is 5.52. The predicted molar refractivity (Wildman–Crippen MR) is 63.1 cm³/mol. The molecule has 0 amide bonds. The Kier molecular flexibility index (Phi) is 3.60. The van der Waals surface area contributed by atoms with Crippen molar-refractivity contribution in [3.63, 3.8) is 0 Å². The van der Waals surface area contributed by atoms with Gasteiger partial charge in [0.25, 0.3) is 0 Å². The van der Waals surface area contributed by atoms with E-state index in [2.05, 4.69) is 18.2 Å². The van der Waals surface area contributed by atoms with Crippen molar-refractivity contribution in [1.29, 1.82) is 0 Å². The average molecular weight is 218 g/mol. The molecule has 0 N–H and O–H groups in total. The van der Waals surface area contributed by atoms with Crippen molar-refractivity contribution >= 4 is 5.97 Å². The van der Waals surface area contributed by atoms with Crippen molar-refractivity contribution in [3.8, 4) is 0 Å². The van der Waals surface area contributed by atoms with Crippen LogP contribution in [0.3, 0.4) is 0 Å². The summed E-state index contributed by atoms with van der Waals surface area (Å²) in [5.41, 5.74) is 2.54. The van der Waals surface area contributed by atoms with E-state index in [9.17, 15) is 4.79 Å². The van der Waals surface area contributed by atoms with Crippen molar-refractivity contribution in [2.45, 2.75) is 45.1 Å². The zero-order chi connectivity index (χ0) is 11.4. The van der Waals surface area contributed by atoms with Gasteiger partial charge in [0.15, 0.2) is 0 Å². The van der Waals surface area contributed by atoms with Gasteiger partial charge in [-0.1, -0.05) is 31.2 Å². The van der Waals surface area contributed by atoms with Crippen LogP contribution in [-0.2, 0) is 16.0 Å². The van der Waals surface area contributed by atoms with Crippen molar-refractivity contribution in [2.24, 2.45) is 0 Å². The van der Waals surface area contributed by atoms with Gasteiger partial charge in [0, 0.05) is 6.42 Å². The predicted octanol–water partition coefficient (Wildman–Crippen LogP) is 3.41. The quantitative estimate of drug-likeness (QED) is 0.727. The van der Waals surface area contributed by atoms with Gasteiger partial charge in [0.05, 0.1) is 0 Å². The number of ether oxygens (including phenoxy) is 1. The third-order valence-corrected chi connectivity index (χ3v) is 3.04. The summed E-state index contributed by atoms with van der Waals surface area (Å²) in [4.78, 5) is 11.5. The Labute approximate surface area is 96.6 Å². The van der Waals surface area contributed by atoms with E-state index in [0.29, 0.717) is 6.42 Å². The fourth-order valence-electron chi connectivity index (χ4n) is 2.25. The van der Waals surface area contributed by atoms with Crippen LogP contribution in [0.25, 0.3) is 0 Å². The highest BCUT2D eigenvalue weighted by Crippen LogP contribution is 2.32. The molecule has 1 unspecified atom stereocenters. The number of rotatable bonds is 3. The van der Waals surface area contributed by atoms with Crippen LogP contribution in [0.4, 0.5) is 0 Å². The first kappa shape index (κ1) is 11.2. The molecule has 0 aromatic heterocycles. The zero-order valence-corrected chi connectivity index (χ0v) is 9.74. The van der Waals surface area contributed by atoms with Gasteiger partial charge in [-0.05, 0) is 36.8 Å². The van der Waals surface area contributed by atoms with Crippen LogP contribution < -0.4 is 0 Å². The highest BCUT2D eigenvalue weighted by Gasteiger charge is 2.22. The van der Waals surface area contributed by atoms with Crippen LogP contribution in [0.2, 0.25) is 0 Å². The summed E-state index contributed by atoms with van der Waals surface area (Å²) in [7, 11) is 0. The molecule has 1 aromatic rings. The topological polar surface area (TPSA) is 26.3 Å². The molecule has 0 saturated heterocycles. The minimum atomic E-state index is -0.0656. The zero-order valence-electron chi connectivity index (χ0n) is 9.74. The molecule has 0 fully saturated rings. The van der Waals surface area contributed by atoms with Crippen LogP contribution in [0, 0.1) is 0 Å². The maximum absolute atomic E-state index is 11.5. The Balaban J connectivity index is 2.10. The molecule has 16 heavy (non-hydrogen) atoms. The van der Waals surface area contributed by atoms with Crippen molar-refractivity contribution in [3.05, 3.63) is 35.4 Å². The van der Waals surface area contributed by atoms with E-state index in [1.54, 1.807) is 0 Å². The largest absolute Gasteiger partial charge is 0.457 e. The second kappa shape index (κ2) is 5.15. The van der Waals surface area contributed by atoms with Gasteiger partial charge in [0.2, 0.25) is 0 Å². The van der Waals surface area contributed by atoms with Crippen molar-refractivity contribution in [1.82, 2.24) is 0 Å². The lowest BCUT2D eigenvalue weighted by Crippen LogP contribution is -2.16. The fraction of sp³-hybridized carbons (Fsp3) is 0.500. The molecule has 0 aliphatic heterocycles. The van der Waals surface area contributed by atoms with E-state index in [4.69, 9.17) is 4.74 Å². The smallest absolute Gasteiger partial charge is 0.306 e. The number of hydrogen-bond acceptors (Lipinski definition) is 2. The number of benzene rings is 1. The Morgan fingerprint density at radius 3 is 3.06 bits per heavy atom. The van der Waals surface area contributed by atoms with E-state index in [0.717, 1.165) is 25.7 Å². The molecule has 0 spiro atoms. The second-order valence-corrected chi connectivity index (χ2v) is 4.32. The van der Waals surface area contributed by atoms with E-state index in [-0.39, 0.29) is 12.1 Å². The van der Waals surface area contributed by atoms with Gasteiger partial charge in [-0.25, -0.2) is 0 Å². The number of carbonyl (C=O) groups is 1. The maximum Gasteiger partial charge on any atom is 0.306 e. The van der Waals surface area contributed by atoms with Crippen LogP contribution in [-0.4, -0.2) is 5.97 Å². The van der Waals surface area contributed by atoms with Crippen LogP contribution in [0.15, 0.2) is 24.3 Å². The maximum atomic E-state index is 11.5. The van der Waals surface area contributed by atoms with E-state index >= 15 is 0 Å². The summed E-state index contributed by atoms with van der Waals surface area (Å²) in [6, 6.07) is 8.29. The third-order valence-electron chi connectivity index (χ3n) is 3.04. The van der Waals surface area contributed by atoms with Gasteiger partial charge in [-0.3, -0.25) is 4.79 Å². The summed E-state index contributed by atoms with van der Waals surface area (Å²) in [5, 5.41) is 0. The second-order valence-electron chi connectivity index (χ2n) is 4.32. The standard InChI is InChI=1S/C14H18O2/c1-2-6-14(15)16-13-10-5-8-11-7-3-4-9-12(11)13/h3-4,7,9,13H,2,5-6,8,10H2,1H3. The molecule has 0 saturated carbocycles. The number of carbonyl (C=O) groups excluding carboxylic acids is 1. The van der Waals surface area contributed by atoms with Gasteiger partial charge in [-0.15, -0.1) is 0 Å². The van der Waals surface area contributed by atoms with Crippen LogP contribution in [0.5, 0.6) is 0 Å². The molecule has 2 heteroatoms.